The van der Waals surface area contributed by atoms with Crippen molar-refractivity contribution in [2.45, 2.75) is 0 Å². The molecule has 0 aliphatic heterocycles. The molecule has 0 aliphatic rings. The SMILES string of the molecule is Nc1cc(Cl)cc2[nH]c(-c3ccc(F)cc3F)nc12. The van der Waals surface area contributed by atoms with Gasteiger partial charge >= 0.3 is 0 Å². The normalized spacial score (nSPS) is 11.1. The minimum Gasteiger partial charge on any atom is -0.397 e. The van der Waals surface area contributed by atoms with Gasteiger partial charge in [-0.1, -0.05) is 11.6 Å². The number of hydrogen-bond donors (Lipinski definition) is 2. The van der Waals surface area contributed by atoms with Gasteiger partial charge in [0.15, 0.2) is 0 Å². The molecule has 0 saturated carbocycles. The summed E-state index contributed by atoms with van der Waals surface area (Å²) in [4.78, 5) is 7.13. The van der Waals surface area contributed by atoms with Crippen molar-refractivity contribution in [1.29, 1.82) is 0 Å². The van der Waals surface area contributed by atoms with Crippen LogP contribution in [0.2, 0.25) is 5.02 Å². The van der Waals surface area contributed by atoms with Crippen molar-refractivity contribution >= 4 is 28.3 Å². The summed E-state index contributed by atoms with van der Waals surface area (Å²) in [6, 6.07) is 6.50. The monoisotopic (exact) mass is 279 g/mol. The van der Waals surface area contributed by atoms with Gasteiger partial charge in [-0.3, -0.25) is 0 Å². The predicted octanol–water partition coefficient (Wildman–Crippen LogP) is 3.74. The molecular formula is C13H8ClF2N3. The van der Waals surface area contributed by atoms with Crippen LogP contribution in [-0.4, -0.2) is 9.97 Å². The first-order chi connectivity index (χ1) is 9.04. The van der Waals surface area contributed by atoms with Gasteiger partial charge in [-0.15, -0.1) is 0 Å². The molecule has 0 unspecified atom stereocenters. The van der Waals surface area contributed by atoms with E-state index in [-0.39, 0.29) is 11.4 Å². The maximum absolute atomic E-state index is 13.7. The predicted molar refractivity (Wildman–Crippen MR) is 70.9 cm³/mol. The number of aromatic amines is 1. The molecule has 0 saturated heterocycles. The van der Waals surface area contributed by atoms with Crippen LogP contribution in [0.15, 0.2) is 30.3 Å². The van der Waals surface area contributed by atoms with E-state index in [1.54, 1.807) is 12.1 Å². The number of nitrogens with one attached hydrogen (secondary N) is 1. The second kappa shape index (κ2) is 4.20. The second-order valence-electron chi connectivity index (χ2n) is 4.10. The summed E-state index contributed by atoms with van der Waals surface area (Å²) in [6.45, 7) is 0. The van der Waals surface area contributed by atoms with Crippen molar-refractivity contribution in [1.82, 2.24) is 9.97 Å². The molecule has 3 N–H and O–H groups in total. The zero-order valence-corrected chi connectivity index (χ0v) is 10.3. The lowest BCUT2D eigenvalue weighted by atomic mass is 10.2. The first-order valence-electron chi connectivity index (χ1n) is 5.45. The Hall–Kier alpha value is -2.14. The lowest BCUT2D eigenvalue weighted by molar-refractivity contribution is 0.585. The van der Waals surface area contributed by atoms with Crippen molar-refractivity contribution in [2.24, 2.45) is 0 Å². The van der Waals surface area contributed by atoms with Crippen LogP contribution in [0.3, 0.4) is 0 Å². The van der Waals surface area contributed by atoms with Crippen molar-refractivity contribution in [3.63, 3.8) is 0 Å². The van der Waals surface area contributed by atoms with E-state index < -0.39 is 11.6 Å². The molecule has 2 aromatic carbocycles. The van der Waals surface area contributed by atoms with E-state index >= 15 is 0 Å². The highest BCUT2D eigenvalue weighted by molar-refractivity contribution is 6.31. The topological polar surface area (TPSA) is 54.7 Å². The highest BCUT2D eigenvalue weighted by Crippen LogP contribution is 2.28. The van der Waals surface area contributed by atoms with E-state index in [1.165, 1.54) is 12.1 Å². The van der Waals surface area contributed by atoms with Gasteiger partial charge in [0.2, 0.25) is 0 Å². The van der Waals surface area contributed by atoms with Crippen LogP contribution in [0.25, 0.3) is 22.4 Å². The molecular weight excluding hydrogens is 272 g/mol. The Morgan fingerprint density at radius 2 is 1.95 bits per heavy atom. The molecule has 3 nitrogen and oxygen atoms in total. The number of H-pyrrole nitrogens is 1. The summed E-state index contributed by atoms with van der Waals surface area (Å²) in [5.41, 5.74) is 7.46. The summed E-state index contributed by atoms with van der Waals surface area (Å²) < 4.78 is 26.6. The van der Waals surface area contributed by atoms with E-state index in [0.29, 0.717) is 21.7 Å². The number of aromatic nitrogens is 2. The first-order valence-corrected chi connectivity index (χ1v) is 5.82. The molecule has 6 heteroatoms. The quantitative estimate of drug-likeness (QED) is 0.667. The van der Waals surface area contributed by atoms with E-state index in [1.807, 2.05) is 0 Å². The molecule has 0 amide bonds. The van der Waals surface area contributed by atoms with Gasteiger partial charge in [-0.25, -0.2) is 13.8 Å². The largest absolute Gasteiger partial charge is 0.397 e. The summed E-state index contributed by atoms with van der Waals surface area (Å²) in [7, 11) is 0. The summed E-state index contributed by atoms with van der Waals surface area (Å²) in [5.74, 6) is -1.05. The number of nitrogens with zero attached hydrogens (tertiary/aromatic N) is 1. The summed E-state index contributed by atoms with van der Waals surface area (Å²) in [5, 5.41) is 0.458. The van der Waals surface area contributed by atoms with Crippen molar-refractivity contribution in [3.05, 3.63) is 47.0 Å². The number of halogens is 3. The molecule has 0 aliphatic carbocycles. The fraction of sp³-hybridized carbons (Fsp3) is 0. The average molecular weight is 280 g/mol. The Kier molecular flexibility index (Phi) is 2.64. The van der Waals surface area contributed by atoms with Gasteiger partial charge in [0.1, 0.15) is 23.0 Å². The summed E-state index contributed by atoms with van der Waals surface area (Å²) in [6.07, 6.45) is 0. The van der Waals surface area contributed by atoms with Crippen LogP contribution in [0.1, 0.15) is 0 Å². The minimum absolute atomic E-state index is 0.174. The van der Waals surface area contributed by atoms with Gasteiger partial charge in [0.25, 0.3) is 0 Å². The third-order valence-electron chi connectivity index (χ3n) is 2.77. The summed E-state index contributed by atoms with van der Waals surface area (Å²) >= 11 is 5.88. The molecule has 1 aromatic heterocycles. The molecule has 96 valence electrons. The van der Waals surface area contributed by atoms with E-state index in [9.17, 15) is 8.78 Å². The Labute approximate surface area is 112 Å². The second-order valence-corrected chi connectivity index (χ2v) is 4.54. The molecule has 0 atom stereocenters. The van der Waals surface area contributed by atoms with Gasteiger partial charge in [0.05, 0.1) is 16.8 Å². The van der Waals surface area contributed by atoms with Crippen LogP contribution in [-0.2, 0) is 0 Å². The standard InChI is InChI=1S/C13H8ClF2N3/c14-6-3-10(17)12-11(4-6)18-13(19-12)8-2-1-7(15)5-9(8)16/h1-5H,17H2,(H,18,19). The Bertz CT molecular complexity index is 783. The van der Waals surface area contributed by atoms with Gasteiger partial charge in [-0.2, -0.15) is 0 Å². The van der Waals surface area contributed by atoms with Gasteiger partial charge in [-0.05, 0) is 24.3 Å². The van der Waals surface area contributed by atoms with Gasteiger partial charge in [0, 0.05) is 11.1 Å². The molecule has 19 heavy (non-hydrogen) atoms. The van der Waals surface area contributed by atoms with Crippen LogP contribution >= 0.6 is 11.6 Å². The zero-order chi connectivity index (χ0) is 13.6. The number of nitrogen functional groups attached to an aromatic ring is 1. The lowest BCUT2D eigenvalue weighted by Gasteiger charge is -1.98. The van der Waals surface area contributed by atoms with Crippen LogP contribution in [0.5, 0.6) is 0 Å². The molecule has 3 aromatic rings. The lowest BCUT2D eigenvalue weighted by Crippen LogP contribution is -1.88. The Balaban J connectivity index is 2.23. The van der Waals surface area contributed by atoms with Crippen LogP contribution in [0, 0.1) is 11.6 Å². The molecule has 0 fully saturated rings. The van der Waals surface area contributed by atoms with E-state index in [0.717, 1.165) is 6.07 Å². The highest BCUT2D eigenvalue weighted by Gasteiger charge is 2.12. The minimum atomic E-state index is -0.691. The number of fused-ring (bicyclic) bond motifs is 1. The Morgan fingerprint density at radius 3 is 2.68 bits per heavy atom. The maximum Gasteiger partial charge on any atom is 0.141 e. The fourth-order valence-corrected chi connectivity index (χ4v) is 2.14. The number of benzene rings is 2. The van der Waals surface area contributed by atoms with Crippen molar-refractivity contribution < 1.29 is 8.78 Å². The number of hydrogen-bond acceptors (Lipinski definition) is 2. The highest BCUT2D eigenvalue weighted by atomic mass is 35.5. The number of rotatable bonds is 1. The molecule has 0 radical (unpaired) electrons. The third-order valence-corrected chi connectivity index (χ3v) is 2.99. The van der Waals surface area contributed by atoms with Crippen molar-refractivity contribution in [2.75, 3.05) is 5.73 Å². The van der Waals surface area contributed by atoms with Crippen LogP contribution < -0.4 is 5.73 Å². The molecule has 0 spiro atoms. The Morgan fingerprint density at radius 1 is 1.16 bits per heavy atom. The van der Waals surface area contributed by atoms with Crippen molar-refractivity contribution in [3.8, 4) is 11.4 Å². The average Bonchev–Trinajstić information content (AvgIpc) is 2.72. The maximum atomic E-state index is 13.7. The van der Waals surface area contributed by atoms with Gasteiger partial charge < -0.3 is 10.7 Å². The number of anilines is 1. The molecule has 0 bridgehead atoms. The number of imidazole rings is 1. The van der Waals surface area contributed by atoms with Crippen LogP contribution in [0.4, 0.5) is 14.5 Å². The third kappa shape index (κ3) is 2.02. The zero-order valence-electron chi connectivity index (χ0n) is 9.55. The molecule has 1 heterocycles. The first kappa shape index (κ1) is 11.9. The number of nitrogens with two attached hydrogens (primary N) is 1. The molecule has 3 rings (SSSR count). The fourth-order valence-electron chi connectivity index (χ4n) is 1.92. The van der Waals surface area contributed by atoms with E-state index in [2.05, 4.69) is 9.97 Å². The smallest absolute Gasteiger partial charge is 0.141 e. The van der Waals surface area contributed by atoms with E-state index in [4.69, 9.17) is 17.3 Å².